The molecule has 0 fully saturated rings. The predicted octanol–water partition coefficient (Wildman–Crippen LogP) is 3.00. The molecule has 0 aliphatic heterocycles. The van der Waals surface area contributed by atoms with Crippen molar-refractivity contribution >= 4 is 0 Å². The van der Waals surface area contributed by atoms with Crippen molar-refractivity contribution in [1.29, 1.82) is 0 Å². The molecule has 2 N–H and O–H groups in total. The number of hydrogen-bond donors (Lipinski definition) is 2. The van der Waals surface area contributed by atoms with E-state index >= 15 is 0 Å². The third-order valence-corrected chi connectivity index (χ3v) is 3.78. The SMILES string of the molecule is CCc1ccc(C(NC)C(CNC)C(C)C)cc1. The Balaban J connectivity index is 2.91. The summed E-state index contributed by atoms with van der Waals surface area (Å²) in [7, 11) is 4.09. The van der Waals surface area contributed by atoms with Crippen molar-refractivity contribution in [2.45, 2.75) is 33.2 Å². The molecule has 0 spiro atoms. The van der Waals surface area contributed by atoms with Crippen LogP contribution in [-0.4, -0.2) is 20.6 Å². The summed E-state index contributed by atoms with van der Waals surface area (Å²) < 4.78 is 0. The summed E-state index contributed by atoms with van der Waals surface area (Å²) in [5.74, 6) is 1.26. The highest BCUT2D eigenvalue weighted by atomic mass is 14.9. The van der Waals surface area contributed by atoms with Crippen LogP contribution in [0.5, 0.6) is 0 Å². The van der Waals surface area contributed by atoms with Gasteiger partial charge >= 0.3 is 0 Å². The molecule has 0 heterocycles. The molecule has 1 aromatic carbocycles. The van der Waals surface area contributed by atoms with Crippen LogP contribution in [0.15, 0.2) is 24.3 Å². The molecule has 18 heavy (non-hydrogen) atoms. The Bertz CT molecular complexity index is 329. The number of aryl methyl sites for hydroxylation is 1. The molecule has 102 valence electrons. The van der Waals surface area contributed by atoms with E-state index in [1.807, 2.05) is 7.05 Å². The van der Waals surface area contributed by atoms with Gasteiger partial charge in [-0.3, -0.25) is 0 Å². The molecule has 2 heteroatoms. The molecule has 2 unspecified atom stereocenters. The molecule has 0 radical (unpaired) electrons. The molecule has 1 rings (SSSR count). The molecular formula is C16H28N2. The first-order valence-electron chi connectivity index (χ1n) is 7.04. The summed E-state index contributed by atoms with van der Waals surface area (Å²) in [6.07, 6.45) is 1.11. The fraction of sp³-hybridized carbons (Fsp3) is 0.625. The minimum Gasteiger partial charge on any atom is -0.319 e. The van der Waals surface area contributed by atoms with Crippen LogP contribution in [0.25, 0.3) is 0 Å². The van der Waals surface area contributed by atoms with Crippen LogP contribution in [0.2, 0.25) is 0 Å². The lowest BCUT2D eigenvalue weighted by molar-refractivity contribution is 0.284. The summed E-state index contributed by atoms with van der Waals surface area (Å²) in [6.45, 7) is 7.83. The van der Waals surface area contributed by atoms with Crippen LogP contribution in [-0.2, 0) is 6.42 Å². The number of benzene rings is 1. The summed E-state index contributed by atoms with van der Waals surface area (Å²) in [4.78, 5) is 0. The van der Waals surface area contributed by atoms with Gasteiger partial charge in [0, 0.05) is 6.04 Å². The van der Waals surface area contributed by atoms with Gasteiger partial charge in [-0.05, 0) is 50.0 Å². The van der Waals surface area contributed by atoms with E-state index in [1.165, 1.54) is 11.1 Å². The van der Waals surface area contributed by atoms with Gasteiger partial charge < -0.3 is 10.6 Å². The summed E-state index contributed by atoms with van der Waals surface area (Å²) in [5.41, 5.74) is 2.80. The number of rotatable bonds is 7. The van der Waals surface area contributed by atoms with Crippen molar-refractivity contribution in [3.63, 3.8) is 0 Å². The standard InChI is InChI=1S/C16H28N2/c1-6-13-7-9-14(10-8-13)16(18-5)15(11-17-4)12(2)3/h7-10,12,15-18H,6,11H2,1-5H3. The fourth-order valence-corrected chi connectivity index (χ4v) is 2.56. The Hall–Kier alpha value is -0.860. The summed E-state index contributed by atoms with van der Waals surface area (Å²) >= 11 is 0. The van der Waals surface area contributed by atoms with Gasteiger partial charge in [-0.1, -0.05) is 45.0 Å². The first-order chi connectivity index (χ1) is 8.63. The first kappa shape index (κ1) is 15.2. The lowest BCUT2D eigenvalue weighted by Crippen LogP contribution is -2.35. The molecule has 0 saturated heterocycles. The van der Waals surface area contributed by atoms with Crippen molar-refractivity contribution in [1.82, 2.24) is 10.6 Å². The van der Waals surface area contributed by atoms with E-state index in [2.05, 4.69) is 62.7 Å². The van der Waals surface area contributed by atoms with Crippen LogP contribution < -0.4 is 10.6 Å². The second-order valence-corrected chi connectivity index (χ2v) is 5.33. The second-order valence-electron chi connectivity index (χ2n) is 5.33. The van der Waals surface area contributed by atoms with Gasteiger partial charge in [0.15, 0.2) is 0 Å². The number of hydrogen-bond acceptors (Lipinski definition) is 2. The van der Waals surface area contributed by atoms with Gasteiger partial charge in [0.25, 0.3) is 0 Å². The van der Waals surface area contributed by atoms with Crippen LogP contribution in [0, 0.1) is 11.8 Å². The van der Waals surface area contributed by atoms with E-state index in [0.29, 0.717) is 17.9 Å². The van der Waals surface area contributed by atoms with Crippen molar-refractivity contribution in [3.05, 3.63) is 35.4 Å². The molecule has 1 aromatic rings. The van der Waals surface area contributed by atoms with Crippen LogP contribution in [0.1, 0.15) is 37.9 Å². The molecular weight excluding hydrogens is 220 g/mol. The van der Waals surface area contributed by atoms with Gasteiger partial charge in [0.05, 0.1) is 0 Å². The van der Waals surface area contributed by atoms with Gasteiger partial charge in [0.1, 0.15) is 0 Å². The van der Waals surface area contributed by atoms with E-state index in [0.717, 1.165) is 13.0 Å². The number of nitrogens with one attached hydrogen (secondary N) is 2. The lowest BCUT2D eigenvalue weighted by atomic mass is 9.84. The normalized spacial score (nSPS) is 14.8. The zero-order valence-corrected chi connectivity index (χ0v) is 12.5. The van der Waals surface area contributed by atoms with E-state index in [4.69, 9.17) is 0 Å². The maximum absolute atomic E-state index is 3.48. The quantitative estimate of drug-likeness (QED) is 0.775. The highest BCUT2D eigenvalue weighted by molar-refractivity contribution is 5.25. The van der Waals surface area contributed by atoms with E-state index in [1.54, 1.807) is 0 Å². The van der Waals surface area contributed by atoms with Gasteiger partial charge in [0.2, 0.25) is 0 Å². The Morgan fingerprint density at radius 1 is 1.06 bits per heavy atom. The highest BCUT2D eigenvalue weighted by Gasteiger charge is 2.23. The Kier molecular flexibility index (Phi) is 6.37. The predicted molar refractivity (Wildman–Crippen MR) is 79.9 cm³/mol. The second kappa shape index (κ2) is 7.55. The Labute approximate surface area is 112 Å². The molecule has 0 aliphatic rings. The summed E-state index contributed by atoms with van der Waals surface area (Å²) in [6, 6.07) is 9.45. The lowest BCUT2D eigenvalue weighted by Gasteiger charge is -2.30. The molecule has 0 aliphatic carbocycles. The van der Waals surface area contributed by atoms with Crippen molar-refractivity contribution in [2.24, 2.45) is 11.8 Å². The molecule has 2 atom stereocenters. The van der Waals surface area contributed by atoms with Gasteiger partial charge in [-0.2, -0.15) is 0 Å². The average Bonchev–Trinajstić information content (AvgIpc) is 2.39. The van der Waals surface area contributed by atoms with Gasteiger partial charge in [-0.25, -0.2) is 0 Å². The molecule has 0 aromatic heterocycles. The first-order valence-corrected chi connectivity index (χ1v) is 7.04. The van der Waals surface area contributed by atoms with E-state index < -0.39 is 0 Å². The third kappa shape index (κ3) is 3.82. The molecule has 0 saturated carbocycles. The van der Waals surface area contributed by atoms with Gasteiger partial charge in [-0.15, -0.1) is 0 Å². The minimum atomic E-state index is 0.420. The molecule has 0 amide bonds. The third-order valence-electron chi connectivity index (χ3n) is 3.78. The topological polar surface area (TPSA) is 24.1 Å². The van der Waals surface area contributed by atoms with Crippen molar-refractivity contribution in [2.75, 3.05) is 20.6 Å². The van der Waals surface area contributed by atoms with Crippen LogP contribution >= 0.6 is 0 Å². The maximum Gasteiger partial charge on any atom is 0.0360 e. The molecule has 0 bridgehead atoms. The smallest absolute Gasteiger partial charge is 0.0360 e. The average molecular weight is 248 g/mol. The summed E-state index contributed by atoms with van der Waals surface area (Å²) in [5, 5.41) is 6.80. The highest BCUT2D eigenvalue weighted by Crippen LogP contribution is 2.27. The fourth-order valence-electron chi connectivity index (χ4n) is 2.56. The van der Waals surface area contributed by atoms with Crippen LogP contribution in [0.3, 0.4) is 0 Å². The molecule has 2 nitrogen and oxygen atoms in total. The van der Waals surface area contributed by atoms with Crippen molar-refractivity contribution < 1.29 is 0 Å². The van der Waals surface area contributed by atoms with E-state index in [-0.39, 0.29) is 0 Å². The Morgan fingerprint density at radius 2 is 1.67 bits per heavy atom. The zero-order chi connectivity index (χ0) is 13.5. The van der Waals surface area contributed by atoms with Crippen LogP contribution in [0.4, 0.5) is 0 Å². The maximum atomic E-state index is 3.48. The monoisotopic (exact) mass is 248 g/mol. The minimum absolute atomic E-state index is 0.420. The Morgan fingerprint density at radius 3 is 2.06 bits per heavy atom. The largest absolute Gasteiger partial charge is 0.319 e. The van der Waals surface area contributed by atoms with Crippen molar-refractivity contribution in [3.8, 4) is 0 Å². The van der Waals surface area contributed by atoms with E-state index in [9.17, 15) is 0 Å². The zero-order valence-electron chi connectivity index (χ0n) is 12.5.